The molecule has 1 saturated heterocycles. The fourth-order valence-corrected chi connectivity index (χ4v) is 3.08. The van der Waals surface area contributed by atoms with Crippen LogP contribution in [-0.2, 0) is 0 Å². The Labute approximate surface area is 132 Å². The molecule has 1 saturated carbocycles. The standard InChI is InChI=1S/C14H19ClN2.2ClH/c15-13-4-2-1-3-12(13)14(11-5-6-11)17-9-7-16-8-10-17;;/h1-4,11,14,16H,5-10H2;2*1H/t14-;;/m1../s1. The van der Waals surface area contributed by atoms with Crippen molar-refractivity contribution in [1.82, 2.24) is 10.2 Å². The monoisotopic (exact) mass is 322 g/mol. The molecule has 1 atom stereocenters. The van der Waals surface area contributed by atoms with Gasteiger partial charge in [0.15, 0.2) is 0 Å². The quantitative estimate of drug-likeness (QED) is 0.915. The molecule has 2 nitrogen and oxygen atoms in total. The van der Waals surface area contributed by atoms with Gasteiger partial charge in [-0.3, -0.25) is 4.90 Å². The minimum Gasteiger partial charge on any atom is -0.314 e. The van der Waals surface area contributed by atoms with Crippen LogP contribution in [0.3, 0.4) is 0 Å². The SMILES string of the molecule is Cl.Cl.Clc1ccccc1[C@@H](C1CC1)N1CCNCC1. The lowest BCUT2D eigenvalue weighted by Crippen LogP contribution is -2.45. The maximum absolute atomic E-state index is 6.37. The lowest BCUT2D eigenvalue weighted by molar-refractivity contribution is 0.156. The number of nitrogens with one attached hydrogen (secondary N) is 1. The van der Waals surface area contributed by atoms with Gasteiger partial charge in [-0.15, -0.1) is 24.8 Å². The highest BCUT2D eigenvalue weighted by molar-refractivity contribution is 6.31. The molecule has 0 spiro atoms. The number of halogens is 3. The van der Waals surface area contributed by atoms with Gasteiger partial charge in [0.1, 0.15) is 0 Å². The van der Waals surface area contributed by atoms with Crippen LogP contribution >= 0.6 is 36.4 Å². The van der Waals surface area contributed by atoms with Gasteiger partial charge in [0.05, 0.1) is 0 Å². The number of piperazine rings is 1. The Bertz CT molecular complexity index is 390. The Balaban J connectivity index is 0.000000902. The maximum Gasteiger partial charge on any atom is 0.0453 e. The first kappa shape index (κ1) is 17.1. The summed E-state index contributed by atoms with van der Waals surface area (Å²) < 4.78 is 0. The summed E-state index contributed by atoms with van der Waals surface area (Å²) in [6.45, 7) is 4.50. The van der Waals surface area contributed by atoms with Crippen molar-refractivity contribution in [3.05, 3.63) is 34.9 Å². The molecule has 1 aliphatic carbocycles. The van der Waals surface area contributed by atoms with Gasteiger partial charge in [0.2, 0.25) is 0 Å². The van der Waals surface area contributed by atoms with Crippen LogP contribution in [0.1, 0.15) is 24.4 Å². The summed E-state index contributed by atoms with van der Waals surface area (Å²) in [5, 5.41) is 4.35. The van der Waals surface area contributed by atoms with Crippen LogP contribution in [0.25, 0.3) is 0 Å². The molecule has 0 amide bonds. The highest BCUT2D eigenvalue weighted by atomic mass is 35.5. The average Bonchev–Trinajstić information content (AvgIpc) is 3.18. The molecule has 19 heavy (non-hydrogen) atoms. The number of hydrogen-bond donors (Lipinski definition) is 1. The minimum absolute atomic E-state index is 0. The van der Waals surface area contributed by atoms with Crippen molar-refractivity contribution in [1.29, 1.82) is 0 Å². The third-order valence-electron chi connectivity index (χ3n) is 3.84. The topological polar surface area (TPSA) is 15.3 Å². The summed E-state index contributed by atoms with van der Waals surface area (Å²) in [6, 6.07) is 8.90. The number of nitrogens with zero attached hydrogens (tertiary/aromatic N) is 1. The van der Waals surface area contributed by atoms with Crippen molar-refractivity contribution in [3.8, 4) is 0 Å². The summed E-state index contributed by atoms with van der Waals surface area (Å²) in [4.78, 5) is 2.61. The van der Waals surface area contributed by atoms with Gasteiger partial charge < -0.3 is 5.32 Å². The molecule has 3 rings (SSSR count). The molecular weight excluding hydrogens is 303 g/mol. The fraction of sp³-hybridized carbons (Fsp3) is 0.571. The molecule has 108 valence electrons. The molecule has 0 aromatic heterocycles. The Morgan fingerprint density at radius 3 is 2.32 bits per heavy atom. The van der Waals surface area contributed by atoms with Gasteiger partial charge in [-0.2, -0.15) is 0 Å². The van der Waals surface area contributed by atoms with Gasteiger partial charge in [-0.1, -0.05) is 29.8 Å². The number of benzene rings is 1. The zero-order valence-electron chi connectivity index (χ0n) is 10.8. The summed E-state index contributed by atoms with van der Waals surface area (Å²) in [6.07, 6.45) is 2.72. The zero-order valence-corrected chi connectivity index (χ0v) is 13.2. The lowest BCUT2D eigenvalue weighted by atomic mass is 10.00. The molecular formula is C14H21Cl3N2. The van der Waals surface area contributed by atoms with E-state index in [1.807, 2.05) is 12.1 Å². The Kier molecular flexibility index (Phi) is 6.92. The van der Waals surface area contributed by atoms with Crippen LogP contribution in [0.4, 0.5) is 0 Å². The molecule has 2 fully saturated rings. The number of rotatable bonds is 3. The van der Waals surface area contributed by atoms with E-state index in [9.17, 15) is 0 Å². The fourth-order valence-electron chi connectivity index (χ4n) is 2.84. The molecule has 1 aromatic rings. The summed E-state index contributed by atoms with van der Waals surface area (Å²) >= 11 is 6.37. The maximum atomic E-state index is 6.37. The third-order valence-corrected chi connectivity index (χ3v) is 4.18. The van der Waals surface area contributed by atoms with Crippen LogP contribution in [0.5, 0.6) is 0 Å². The summed E-state index contributed by atoms with van der Waals surface area (Å²) in [5.41, 5.74) is 1.33. The smallest absolute Gasteiger partial charge is 0.0453 e. The summed E-state index contributed by atoms with van der Waals surface area (Å²) in [5.74, 6) is 0.827. The van der Waals surface area contributed by atoms with Crippen LogP contribution < -0.4 is 5.32 Å². The van der Waals surface area contributed by atoms with E-state index in [0.29, 0.717) is 6.04 Å². The second-order valence-corrected chi connectivity index (χ2v) is 5.50. The van der Waals surface area contributed by atoms with Gasteiger partial charge >= 0.3 is 0 Å². The third kappa shape index (κ3) is 3.99. The molecule has 5 heteroatoms. The first-order valence-electron chi connectivity index (χ1n) is 6.55. The molecule has 0 unspecified atom stereocenters. The predicted molar refractivity (Wildman–Crippen MR) is 85.9 cm³/mol. The molecule has 2 aliphatic rings. The van der Waals surface area contributed by atoms with Gasteiger partial charge in [-0.25, -0.2) is 0 Å². The Morgan fingerprint density at radius 1 is 1.11 bits per heavy atom. The average molecular weight is 324 g/mol. The molecule has 1 heterocycles. The van der Waals surface area contributed by atoms with Gasteiger partial charge in [0.25, 0.3) is 0 Å². The lowest BCUT2D eigenvalue weighted by Gasteiger charge is -2.35. The molecule has 1 N–H and O–H groups in total. The molecule has 1 aromatic carbocycles. The van der Waals surface area contributed by atoms with Crippen LogP contribution in [0.2, 0.25) is 5.02 Å². The van der Waals surface area contributed by atoms with Gasteiger partial charge in [0, 0.05) is 37.2 Å². The zero-order chi connectivity index (χ0) is 11.7. The van der Waals surface area contributed by atoms with Crippen molar-refractivity contribution in [2.45, 2.75) is 18.9 Å². The van der Waals surface area contributed by atoms with E-state index in [2.05, 4.69) is 22.3 Å². The first-order chi connectivity index (χ1) is 8.36. The van der Waals surface area contributed by atoms with Crippen LogP contribution in [-0.4, -0.2) is 31.1 Å². The predicted octanol–water partition coefficient (Wildman–Crippen LogP) is 3.54. The summed E-state index contributed by atoms with van der Waals surface area (Å²) in [7, 11) is 0. The number of hydrogen-bond acceptors (Lipinski definition) is 2. The molecule has 0 bridgehead atoms. The molecule has 1 aliphatic heterocycles. The van der Waals surface area contributed by atoms with Crippen molar-refractivity contribution in [2.75, 3.05) is 26.2 Å². The largest absolute Gasteiger partial charge is 0.314 e. The van der Waals surface area contributed by atoms with Crippen molar-refractivity contribution >= 4 is 36.4 Å². The molecule has 0 radical (unpaired) electrons. The van der Waals surface area contributed by atoms with E-state index >= 15 is 0 Å². The highest BCUT2D eigenvalue weighted by Crippen LogP contribution is 2.46. The van der Waals surface area contributed by atoms with Crippen molar-refractivity contribution in [2.24, 2.45) is 5.92 Å². The van der Waals surface area contributed by atoms with E-state index in [0.717, 1.165) is 37.1 Å². The van der Waals surface area contributed by atoms with E-state index in [4.69, 9.17) is 11.6 Å². The Hall–Kier alpha value is 0.01000. The van der Waals surface area contributed by atoms with Crippen molar-refractivity contribution < 1.29 is 0 Å². The van der Waals surface area contributed by atoms with E-state index < -0.39 is 0 Å². The minimum atomic E-state index is 0. The van der Waals surface area contributed by atoms with Crippen LogP contribution in [0, 0.1) is 5.92 Å². The van der Waals surface area contributed by atoms with Gasteiger partial charge in [-0.05, 0) is 30.4 Å². The second kappa shape index (κ2) is 7.70. The second-order valence-electron chi connectivity index (χ2n) is 5.09. The van der Waals surface area contributed by atoms with E-state index in [1.54, 1.807) is 0 Å². The van der Waals surface area contributed by atoms with Crippen LogP contribution in [0.15, 0.2) is 24.3 Å². The highest BCUT2D eigenvalue weighted by Gasteiger charge is 2.37. The van der Waals surface area contributed by atoms with Crippen molar-refractivity contribution in [3.63, 3.8) is 0 Å². The van der Waals surface area contributed by atoms with E-state index in [1.165, 1.54) is 18.4 Å². The van der Waals surface area contributed by atoms with E-state index in [-0.39, 0.29) is 24.8 Å². The normalized spacial score (nSPS) is 21.1. The Morgan fingerprint density at radius 2 is 1.74 bits per heavy atom. The first-order valence-corrected chi connectivity index (χ1v) is 6.93.